The van der Waals surface area contributed by atoms with Gasteiger partial charge in [0.05, 0.1) is 5.52 Å². The van der Waals surface area contributed by atoms with Crippen molar-refractivity contribution in [2.45, 2.75) is 0 Å². The van der Waals surface area contributed by atoms with Gasteiger partial charge in [0.25, 0.3) is 0 Å². The van der Waals surface area contributed by atoms with Crippen molar-refractivity contribution in [1.29, 1.82) is 0 Å². The Hall–Kier alpha value is -2.09. The van der Waals surface area contributed by atoms with Crippen molar-refractivity contribution in [3.63, 3.8) is 0 Å². The molecular formula is C13H9NO. The molecule has 0 fully saturated rings. The molecule has 0 radical (unpaired) electrons. The van der Waals surface area contributed by atoms with Crippen LogP contribution in [0.5, 0.6) is 5.75 Å². The fraction of sp³-hybridized carbons (Fsp3) is 0. The Kier molecular flexibility index (Phi) is 1.62. The van der Waals surface area contributed by atoms with Crippen LogP contribution in [0.15, 0.2) is 48.7 Å². The molecular weight excluding hydrogens is 186 g/mol. The highest BCUT2D eigenvalue weighted by Gasteiger charge is 2.01. The molecule has 0 amide bonds. The maximum absolute atomic E-state index is 9.47. The first kappa shape index (κ1) is 8.24. The van der Waals surface area contributed by atoms with Gasteiger partial charge in [-0.05, 0) is 29.7 Å². The highest BCUT2D eigenvalue weighted by molar-refractivity contribution is 6.05. The van der Waals surface area contributed by atoms with E-state index in [4.69, 9.17) is 0 Å². The second-order valence-corrected chi connectivity index (χ2v) is 3.55. The van der Waals surface area contributed by atoms with E-state index >= 15 is 0 Å². The maximum Gasteiger partial charge on any atom is 0.116 e. The SMILES string of the molecule is Oc1ccc2cnc3ccccc3c2c1. The van der Waals surface area contributed by atoms with Gasteiger partial charge in [0.1, 0.15) is 5.75 Å². The van der Waals surface area contributed by atoms with Crippen LogP contribution in [0, 0.1) is 0 Å². The molecule has 0 spiro atoms. The van der Waals surface area contributed by atoms with E-state index in [0.29, 0.717) is 5.75 Å². The minimum Gasteiger partial charge on any atom is -0.508 e. The number of phenols is 1. The van der Waals surface area contributed by atoms with Crippen LogP contribution in [0.2, 0.25) is 0 Å². The number of para-hydroxylation sites is 1. The van der Waals surface area contributed by atoms with Gasteiger partial charge in [0, 0.05) is 17.0 Å². The van der Waals surface area contributed by atoms with E-state index in [1.54, 1.807) is 12.1 Å². The summed E-state index contributed by atoms with van der Waals surface area (Å²) in [5.74, 6) is 0.291. The third-order valence-corrected chi connectivity index (χ3v) is 2.57. The summed E-state index contributed by atoms with van der Waals surface area (Å²) in [6.07, 6.45) is 1.83. The molecule has 2 heteroatoms. The standard InChI is InChI=1S/C13H9NO/c15-10-6-5-9-8-14-13-4-2-1-3-11(13)12(9)7-10/h1-8,15H. The van der Waals surface area contributed by atoms with Crippen molar-refractivity contribution in [3.8, 4) is 5.75 Å². The Balaban J connectivity index is 2.57. The summed E-state index contributed by atoms with van der Waals surface area (Å²) in [6, 6.07) is 13.3. The molecule has 1 aromatic heterocycles. The Morgan fingerprint density at radius 2 is 1.80 bits per heavy atom. The van der Waals surface area contributed by atoms with Crippen molar-refractivity contribution in [2.75, 3.05) is 0 Å². The number of fused-ring (bicyclic) bond motifs is 3. The fourth-order valence-corrected chi connectivity index (χ4v) is 1.84. The van der Waals surface area contributed by atoms with E-state index in [2.05, 4.69) is 4.98 Å². The minimum absolute atomic E-state index is 0.291. The molecule has 0 saturated carbocycles. The van der Waals surface area contributed by atoms with Crippen LogP contribution in [-0.4, -0.2) is 10.1 Å². The number of nitrogens with zero attached hydrogens (tertiary/aromatic N) is 1. The highest BCUT2D eigenvalue weighted by atomic mass is 16.3. The molecule has 0 bridgehead atoms. The Morgan fingerprint density at radius 3 is 2.73 bits per heavy atom. The van der Waals surface area contributed by atoms with Gasteiger partial charge in [0.15, 0.2) is 0 Å². The van der Waals surface area contributed by atoms with Gasteiger partial charge in [-0.3, -0.25) is 4.98 Å². The lowest BCUT2D eigenvalue weighted by Gasteiger charge is -2.02. The van der Waals surface area contributed by atoms with E-state index in [-0.39, 0.29) is 0 Å². The third-order valence-electron chi connectivity index (χ3n) is 2.57. The molecule has 3 aromatic rings. The zero-order valence-electron chi connectivity index (χ0n) is 8.01. The van der Waals surface area contributed by atoms with E-state index in [0.717, 1.165) is 21.7 Å². The van der Waals surface area contributed by atoms with Crippen LogP contribution in [0.4, 0.5) is 0 Å². The van der Waals surface area contributed by atoms with Crippen LogP contribution in [0.3, 0.4) is 0 Å². The summed E-state index contributed by atoms with van der Waals surface area (Å²) in [7, 11) is 0. The molecule has 15 heavy (non-hydrogen) atoms. The van der Waals surface area contributed by atoms with Gasteiger partial charge < -0.3 is 5.11 Å². The van der Waals surface area contributed by atoms with E-state index in [1.165, 1.54) is 0 Å². The summed E-state index contributed by atoms with van der Waals surface area (Å²) in [6.45, 7) is 0. The number of aromatic hydroxyl groups is 1. The number of aromatic nitrogens is 1. The van der Waals surface area contributed by atoms with Gasteiger partial charge in [-0.1, -0.05) is 18.2 Å². The molecule has 0 aliphatic carbocycles. The molecule has 0 saturated heterocycles. The predicted octanol–water partition coefficient (Wildman–Crippen LogP) is 3.09. The smallest absolute Gasteiger partial charge is 0.116 e. The van der Waals surface area contributed by atoms with Crippen LogP contribution in [-0.2, 0) is 0 Å². The number of hydrogen-bond donors (Lipinski definition) is 1. The zero-order valence-corrected chi connectivity index (χ0v) is 8.01. The summed E-state index contributed by atoms with van der Waals surface area (Å²) < 4.78 is 0. The minimum atomic E-state index is 0.291. The monoisotopic (exact) mass is 195 g/mol. The maximum atomic E-state index is 9.47. The molecule has 1 heterocycles. The van der Waals surface area contributed by atoms with Crippen LogP contribution in [0.1, 0.15) is 0 Å². The summed E-state index contributed by atoms with van der Waals surface area (Å²) in [5.41, 5.74) is 0.954. The fourth-order valence-electron chi connectivity index (χ4n) is 1.84. The normalized spacial score (nSPS) is 10.9. The van der Waals surface area contributed by atoms with Crippen molar-refractivity contribution in [2.24, 2.45) is 0 Å². The van der Waals surface area contributed by atoms with E-state index in [9.17, 15) is 5.11 Å². The Morgan fingerprint density at radius 1 is 0.933 bits per heavy atom. The average Bonchev–Trinajstić information content (AvgIpc) is 2.29. The van der Waals surface area contributed by atoms with Gasteiger partial charge in [0.2, 0.25) is 0 Å². The first-order valence-corrected chi connectivity index (χ1v) is 4.81. The number of benzene rings is 2. The van der Waals surface area contributed by atoms with Crippen LogP contribution < -0.4 is 0 Å². The van der Waals surface area contributed by atoms with Gasteiger partial charge in [-0.15, -0.1) is 0 Å². The molecule has 0 atom stereocenters. The van der Waals surface area contributed by atoms with Crippen molar-refractivity contribution >= 4 is 21.7 Å². The largest absolute Gasteiger partial charge is 0.508 e. The Labute approximate surface area is 86.8 Å². The lowest BCUT2D eigenvalue weighted by Crippen LogP contribution is -1.80. The van der Waals surface area contributed by atoms with Crippen molar-refractivity contribution in [1.82, 2.24) is 4.98 Å². The lowest BCUT2D eigenvalue weighted by molar-refractivity contribution is 0.476. The molecule has 72 valence electrons. The molecule has 2 aromatic carbocycles. The van der Waals surface area contributed by atoms with Gasteiger partial charge in [-0.25, -0.2) is 0 Å². The first-order chi connectivity index (χ1) is 7.34. The molecule has 0 aliphatic heterocycles. The number of pyridine rings is 1. The van der Waals surface area contributed by atoms with Crippen LogP contribution >= 0.6 is 0 Å². The number of phenolic OH excluding ortho intramolecular Hbond substituents is 1. The number of hydrogen-bond acceptors (Lipinski definition) is 2. The second kappa shape index (κ2) is 2.95. The van der Waals surface area contributed by atoms with Gasteiger partial charge >= 0.3 is 0 Å². The van der Waals surface area contributed by atoms with Crippen molar-refractivity contribution < 1.29 is 5.11 Å². The summed E-state index contributed by atoms with van der Waals surface area (Å²) in [4.78, 5) is 4.36. The molecule has 0 aliphatic rings. The van der Waals surface area contributed by atoms with E-state index < -0.39 is 0 Å². The molecule has 1 N–H and O–H groups in total. The van der Waals surface area contributed by atoms with Gasteiger partial charge in [-0.2, -0.15) is 0 Å². The summed E-state index contributed by atoms with van der Waals surface area (Å²) >= 11 is 0. The second-order valence-electron chi connectivity index (χ2n) is 3.55. The van der Waals surface area contributed by atoms with Crippen LogP contribution in [0.25, 0.3) is 21.7 Å². The molecule has 3 rings (SSSR count). The highest BCUT2D eigenvalue weighted by Crippen LogP contribution is 2.26. The molecule has 2 nitrogen and oxygen atoms in total. The average molecular weight is 195 g/mol. The molecule has 0 unspecified atom stereocenters. The number of rotatable bonds is 0. The summed E-state index contributed by atoms with van der Waals surface area (Å²) in [5, 5.41) is 12.6. The predicted molar refractivity (Wildman–Crippen MR) is 60.9 cm³/mol. The topological polar surface area (TPSA) is 33.1 Å². The lowest BCUT2D eigenvalue weighted by atomic mass is 10.1. The third kappa shape index (κ3) is 1.22. The Bertz CT molecular complexity index is 646. The van der Waals surface area contributed by atoms with Crippen molar-refractivity contribution in [3.05, 3.63) is 48.7 Å². The first-order valence-electron chi connectivity index (χ1n) is 4.81. The van der Waals surface area contributed by atoms with E-state index in [1.807, 2.05) is 36.5 Å². The zero-order chi connectivity index (χ0) is 10.3. The quantitative estimate of drug-likeness (QED) is 0.559.